The van der Waals surface area contributed by atoms with Gasteiger partial charge in [-0.1, -0.05) is 36.5 Å². The molecule has 0 spiro atoms. The molecule has 15 heteroatoms. The van der Waals surface area contributed by atoms with E-state index in [0.29, 0.717) is 27.8 Å². The third-order valence-corrected chi connectivity index (χ3v) is 8.53. The van der Waals surface area contributed by atoms with E-state index in [0.717, 1.165) is 20.8 Å². The summed E-state index contributed by atoms with van der Waals surface area (Å²) in [5.41, 5.74) is 1.66. The van der Waals surface area contributed by atoms with Gasteiger partial charge in [0.15, 0.2) is 47.6 Å². The van der Waals surface area contributed by atoms with Crippen molar-refractivity contribution in [1.29, 1.82) is 0 Å². The normalized spacial score (nSPS) is 19.1. The molecule has 1 aliphatic rings. The summed E-state index contributed by atoms with van der Waals surface area (Å²) >= 11 is 0. The molecule has 0 unspecified atom stereocenters. The van der Waals surface area contributed by atoms with E-state index in [1.165, 1.54) is 26.4 Å². The zero-order valence-electron chi connectivity index (χ0n) is 32.6. The van der Waals surface area contributed by atoms with E-state index in [-0.39, 0.29) is 64.4 Å². The SMILES string of the molecule is C=C(C)Cc1c(-c2cc(=O)c3c(O)c(CC(=C)C)c(OC(=O)[C@H]4O[C@@H](OC)[C@H](OC(C)=O)[C@@H](OC(C)=O)[C@@H]4OC(C)=O)c(CC(=C)C)c3o2)ccc(OC)c1O. The number of aromatic hydroxyl groups is 2. The van der Waals surface area contributed by atoms with Gasteiger partial charge in [-0.15, -0.1) is 0 Å². The number of carbonyl (C=O) groups excluding carboxylic acids is 4. The van der Waals surface area contributed by atoms with Gasteiger partial charge in [-0.25, -0.2) is 4.79 Å². The van der Waals surface area contributed by atoms with Gasteiger partial charge in [-0.2, -0.15) is 0 Å². The number of fused-ring (bicyclic) bond motifs is 1. The predicted octanol–water partition coefficient (Wildman–Crippen LogP) is 5.31. The zero-order valence-corrected chi connectivity index (χ0v) is 32.6. The molecule has 1 saturated heterocycles. The van der Waals surface area contributed by atoms with Crippen molar-refractivity contribution in [1.82, 2.24) is 0 Å². The average Bonchev–Trinajstić information content (AvgIpc) is 3.09. The van der Waals surface area contributed by atoms with Crippen LogP contribution < -0.4 is 14.9 Å². The van der Waals surface area contributed by atoms with E-state index >= 15 is 0 Å². The highest BCUT2D eigenvalue weighted by molar-refractivity contribution is 5.93. The molecule has 4 rings (SSSR count). The van der Waals surface area contributed by atoms with Gasteiger partial charge in [0.1, 0.15) is 28.2 Å². The van der Waals surface area contributed by atoms with E-state index < -0.39 is 65.8 Å². The number of phenols is 2. The molecule has 300 valence electrons. The lowest BCUT2D eigenvalue weighted by molar-refractivity contribution is -0.295. The minimum absolute atomic E-state index is 0.00166. The summed E-state index contributed by atoms with van der Waals surface area (Å²) in [5.74, 6) is -4.67. The predicted molar refractivity (Wildman–Crippen MR) is 201 cm³/mol. The highest BCUT2D eigenvalue weighted by Gasteiger charge is 2.55. The molecule has 0 radical (unpaired) electrons. The Balaban J connectivity index is 2.03. The molecule has 5 atom stereocenters. The van der Waals surface area contributed by atoms with Gasteiger partial charge in [0.25, 0.3) is 0 Å². The standard InChI is InChI=1S/C41H46O15/c1-18(2)14-25-24(12-13-29(49-10)32(25)46)30-17-28(45)31-33(47)26(15-19(3)4)34(27(16-20(5)6)35(31)54-30)55-40(48)38-36(51-21(7)42)37(52-22(8)43)39(53-23(9)44)41(50-11)56-38/h12-13,17,36-39,41,46-47H,1,3,5,14-16H2,2,4,6-11H3/t36-,37-,38-,39+,41+/m0/s1. The second-order valence-corrected chi connectivity index (χ2v) is 13.7. The minimum atomic E-state index is -1.88. The number of carbonyl (C=O) groups is 4. The van der Waals surface area contributed by atoms with Crippen LogP contribution >= 0.6 is 0 Å². The third-order valence-electron chi connectivity index (χ3n) is 8.53. The number of ether oxygens (including phenoxy) is 7. The van der Waals surface area contributed by atoms with E-state index in [1.54, 1.807) is 26.8 Å². The van der Waals surface area contributed by atoms with Crippen LogP contribution in [0.15, 0.2) is 63.9 Å². The Morgan fingerprint density at radius 1 is 0.732 bits per heavy atom. The summed E-state index contributed by atoms with van der Waals surface area (Å²) in [7, 11) is 2.58. The van der Waals surface area contributed by atoms with Crippen molar-refractivity contribution in [2.75, 3.05) is 14.2 Å². The molecule has 3 aromatic rings. The van der Waals surface area contributed by atoms with Crippen LogP contribution in [0.5, 0.6) is 23.0 Å². The first kappa shape index (κ1) is 42.8. The summed E-state index contributed by atoms with van der Waals surface area (Å²) in [5, 5.41) is 22.7. The van der Waals surface area contributed by atoms with Gasteiger partial charge in [0, 0.05) is 69.0 Å². The number of hydrogen-bond acceptors (Lipinski definition) is 15. The Labute approximate surface area is 323 Å². The summed E-state index contributed by atoms with van der Waals surface area (Å²) in [6.07, 6.45) is -8.19. The first-order chi connectivity index (χ1) is 26.3. The molecule has 0 aliphatic carbocycles. The van der Waals surface area contributed by atoms with E-state index in [2.05, 4.69) is 19.7 Å². The van der Waals surface area contributed by atoms with Gasteiger partial charge in [0.05, 0.1) is 7.11 Å². The Bertz CT molecular complexity index is 2160. The molecule has 2 heterocycles. The van der Waals surface area contributed by atoms with Crippen molar-refractivity contribution in [3.8, 4) is 34.3 Å². The molecular weight excluding hydrogens is 732 g/mol. The molecule has 15 nitrogen and oxygen atoms in total. The summed E-state index contributed by atoms with van der Waals surface area (Å²) < 4.78 is 45.3. The molecule has 2 aromatic carbocycles. The summed E-state index contributed by atoms with van der Waals surface area (Å²) in [6.45, 7) is 20.2. The molecular formula is C41H46O15. The fraction of sp³-hybridized carbons (Fsp3) is 0.390. The Kier molecular flexibility index (Phi) is 13.5. The first-order valence-electron chi connectivity index (χ1n) is 17.4. The monoisotopic (exact) mass is 778 g/mol. The Morgan fingerprint density at radius 2 is 1.27 bits per heavy atom. The summed E-state index contributed by atoms with van der Waals surface area (Å²) in [6, 6.07) is 4.27. The zero-order chi connectivity index (χ0) is 41.8. The first-order valence-corrected chi connectivity index (χ1v) is 17.4. The highest BCUT2D eigenvalue weighted by Crippen LogP contribution is 2.45. The second-order valence-electron chi connectivity index (χ2n) is 13.7. The van der Waals surface area contributed by atoms with Crippen LogP contribution in [-0.2, 0) is 62.1 Å². The number of rotatable bonds is 14. The van der Waals surface area contributed by atoms with Gasteiger partial charge < -0.3 is 47.8 Å². The van der Waals surface area contributed by atoms with Crippen molar-refractivity contribution in [2.24, 2.45) is 0 Å². The van der Waals surface area contributed by atoms with Gasteiger partial charge in [-0.05, 0) is 39.3 Å². The highest BCUT2D eigenvalue weighted by atomic mass is 16.7. The lowest BCUT2D eigenvalue weighted by atomic mass is 9.93. The van der Waals surface area contributed by atoms with Crippen LogP contribution in [0.3, 0.4) is 0 Å². The van der Waals surface area contributed by atoms with Crippen LogP contribution in [-0.4, -0.2) is 79.0 Å². The van der Waals surface area contributed by atoms with Crippen molar-refractivity contribution < 1.29 is 67.0 Å². The van der Waals surface area contributed by atoms with Crippen molar-refractivity contribution in [3.05, 3.63) is 81.6 Å². The van der Waals surface area contributed by atoms with Crippen molar-refractivity contribution >= 4 is 34.8 Å². The molecule has 0 amide bonds. The fourth-order valence-electron chi connectivity index (χ4n) is 6.46. The van der Waals surface area contributed by atoms with Crippen LogP contribution in [0.1, 0.15) is 58.2 Å². The molecule has 2 N–H and O–H groups in total. The van der Waals surface area contributed by atoms with Gasteiger partial charge in [0.2, 0.25) is 0 Å². The largest absolute Gasteiger partial charge is 0.507 e. The third kappa shape index (κ3) is 9.29. The molecule has 1 fully saturated rings. The number of esters is 4. The summed E-state index contributed by atoms with van der Waals surface area (Å²) in [4.78, 5) is 65.1. The fourth-order valence-corrected chi connectivity index (χ4v) is 6.46. The number of benzene rings is 2. The van der Waals surface area contributed by atoms with Crippen molar-refractivity contribution in [3.63, 3.8) is 0 Å². The number of hydrogen-bond donors (Lipinski definition) is 2. The quantitative estimate of drug-likeness (QED) is 0.0922. The maximum Gasteiger partial charge on any atom is 0.344 e. The van der Waals surface area contributed by atoms with Gasteiger partial charge in [-0.3, -0.25) is 19.2 Å². The van der Waals surface area contributed by atoms with Crippen LogP contribution in [0.4, 0.5) is 0 Å². The number of phenolic OH excluding ortho intramolecular Hbond substituents is 2. The maximum absolute atomic E-state index is 14.4. The topological polar surface area (TPSA) is 204 Å². The molecule has 1 aromatic heterocycles. The Hall–Kier alpha value is -5.93. The molecule has 56 heavy (non-hydrogen) atoms. The number of methoxy groups -OCH3 is 2. The molecule has 0 bridgehead atoms. The van der Waals surface area contributed by atoms with Crippen molar-refractivity contribution in [2.45, 2.75) is 91.5 Å². The number of allylic oxidation sites excluding steroid dienone is 3. The van der Waals surface area contributed by atoms with Crippen LogP contribution in [0.2, 0.25) is 0 Å². The lowest BCUT2D eigenvalue weighted by Gasteiger charge is -2.42. The van der Waals surface area contributed by atoms with Crippen LogP contribution in [0, 0.1) is 0 Å². The van der Waals surface area contributed by atoms with E-state index in [4.69, 9.17) is 37.6 Å². The average molecular weight is 779 g/mol. The molecule has 0 saturated carbocycles. The lowest BCUT2D eigenvalue weighted by Crippen LogP contribution is -2.64. The minimum Gasteiger partial charge on any atom is -0.507 e. The molecule has 1 aliphatic heterocycles. The van der Waals surface area contributed by atoms with Crippen LogP contribution in [0.25, 0.3) is 22.3 Å². The maximum atomic E-state index is 14.4. The Morgan fingerprint density at radius 3 is 1.80 bits per heavy atom. The second kappa shape index (κ2) is 17.7. The van der Waals surface area contributed by atoms with Gasteiger partial charge >= 0.3 is 23.9 Å². The van der Waals surface area contributed by atoms with E-state index in [1.807, 2.05) is 0 Å². The van der Waals surface area contributed by atoms with E-state index in [9.17, 15) is 34.2 Å². The smallest absolute Gasteiger partial charge is 0.344 e.